The molecule has 3 aromatic carbocycles. The third-order valence-electron chi connectivity index (χ3n) is 4.88. The van der Waals surface area contributed by atoms with E-state index in [9.17, 15) is 4.79 Å². The van der Waals surface area contributed by atoms with Crippen LogP contribution in [-0.2, 0) is 15.1 Å². The molecule has 0 aliphatic carbocycles. The molecule has 0 heterocycles. The summed E-state index contributed by atoms with van der Waals surface area (Å²) >= 11 is 17.1. The molecule has 0 aliphatic rings. The number of carbonyl (C=O) groups excluding carboxylic acids is 1. The smallest absolute Gasteiger partial charge is 0.272 e. The lowest BCUT2D eigenvalue weighted by atomic mass is 9.80. The summed E-state index contributed by atoms with van der Waals surface area (Å²) in [5.74, 6) is -0.740. The van der Waals surface area contributed by atoms with Gasteiger partial charge in [-0.2, -0.15) is 0 Å². The van der Waals surface area contributed by atoms with Crippen LogP contribution in [0.4, 0.5) is 0 Å². The van der Waals surface area contributed by atoms with E-state index in [0.717, 1.165) is 16.7 Å². The van der Waals surface area contributed by atoms with Crippen molar-refractivity contribution in [3.8, 4) is 0 Å². The second-order valence-electron chi connectivity index (χ2n) is 6.90. The number of hydrogen-bond donors (Lipinski definition) is 1. The Morgan fingerprint density at radius 2 is 1.23 bits per heavy atom. The quantitative estimate of drug-likeness (QED) is 0.246. The minimum atomic E-state index is -2.07. The van der Waals surface area contributed by atoms with Crippen LogP contribution in [0, 0.1) is 0 Å². The normalized spacial score (nSPS) is 12.7. The van der Waals surface area contributed by atoms with Crippen LogP contribution >= 0.6 is 34.8 Å². The Morgan fingerprint density at radius 1 is 0.839 bits per heavy atom. The number of carbonyl (C=O) groups is 1. The molecule has 0 bridgehead atoms. The van der Waals surface area contributed by atoms with Gasteiger partial charge in [0.15, 0.2) is 0 Å². The van der Waals surface area contributed by atoms with Gasteiger partial charge in [0.05, 0.1) is 12.6 Å². The number of ether oxygens (including phenoxy) is 1. The van der Waals surface area contributed by atoms with Crippen LogP contribution in [0.2, 0.25) is 0 Å². The molecule has 0 aliphatic heterocycles. The number of rotatable bonds is 8. The molecule has 1 amide bonds. The van der Waals surface area contributed by atoms with Gasteiger partial charge >= 0.3 is 0 Å². The highest BCUT2D eigenvalue weighted by Gasteiger charge is 2.38. The molecule has 160 valence electrons. The number of alkyl halides is 3. The summed E-state index contributed by atoms with van der Waals surface area (Å²) in [6.45, 7) is 3.90. The van der Waals surface area contributed by atoms with Gasteiger partial charge in [0.25, 0.3) is 9.70 Å². The number of nitrogens with one attached hydrogen (secondary N) is 1. The average molecular weight is 475 g/mol. The summed E-state index contributed by atoms with van der Waals surface area (Å²) in [5, 5.41) is 2.66. The lowest BCUT2D eigenvalue weighted by molar-refractivity contribution is -0.121. The van der Waals surface area contributed by atoms with E-state index in [0.29, 0.717) is 0 Å². The van der Waals surface area contributed by atoms with Crippen LogP contribution in [0.15, 0.2) is 104 Å². The maximum absolute atomic E-state index is 12.2. The maximum Gasteiger partial charge on any atom is 0.272 e. The number of hydrogen-bond acceptors (Lipinski definition) is 2. The van der Waals surface area contributed by atoms with E-state index in [4.69, 9.17) is 39.5 Å². The molecule has 1 atom stereocenters. The topological polar surface area (TPSA) is 38.3 Å². The van der Waals surface area contributed by atoms with Gasteiger partial charge in [-0.1, -0.05) is 132 Å². The van der Waals surface area contributed by atoms with Crippen LogP contribution in [0.25, 0.3) is 0 Å². The molecule has 0 saturated heterocycles. The first-order chi connectivity index (χ1) is 14.9. The fourth-order valence-electron chi connectivity index (χ4n) is 3.40. The van der Waals surface area contributed by atoms with E-state index >= 15 is 0 Å². The predicted molar refractivity (Wildman–Crippen MR) is 128 cm³/mol. The van der Waals surface area contributed by atoms with E-state index in [1.54, 1.807) is 6.08 Å². The predicted octanol–water partition coefficient (Wildman–Crippen LogP) is 6.04. The molecule has 31 heavy (non-hydrogen) atoms. The summed E-state index contributed by atoms with van der Waals surface area (Å²) in [4.78, 5) is 12.2. The molecule has 6 heteroatoms. The average Bonchev–Trinajstić information content (AvgIpc) is 2.80. The fourth-order valence-corrected chi connectivity index (χ4v) is 3.57. The monoisotopic (exact) mass is 473 g/mol. The van der Waals surface area contributed by atoms with E-state index < -0.39 is 21.3 Å². The molecular formula is C25H22Cl3NO2. The molecular weight excluding hydrogens is 453 g/mol. The summed E-state index contributed by atoms with van der Waals surface area (Å²) in [7, 11) is 0. The van der Waals surface area contributed by atoms with Gasteiger partial charge in [0.2, 0.25) is 0 Å². The number of benzene rings is 3. The lowest BCUT2D eigenvalue weighted by Gasteiger charge is -2.37. The van der Waals surface area contributed by atoms with Crippen molar-refractivity contribution in [1.29, 1.82) is 0 Å². The number of amides is 1. The fraction of sp³-hybridized carbons (Fsp3) is 0.160. The van der Waals surface area contributed by atoms with Gasteiger partial charge in [0.1, 0.15) is 5.60 Å². The largest absolute Gasteiger partial charge is 0.358 e. The number of halogens is 3. The Balaban J connectivity index is 2.06. The molecule has 3 aromatic rings. The maximum atomic E-state index is 12.2. The summed E-state index contributed by atoms with van der Waals surface area (Å²) in [6, 6.07) is 29.2. The highest BCUT2D eigenvalue weighted by atomic mass is 35.6. The summed E-state index contributed by atoms with van der Waals surface area (Å²) in [6.07, 6.45) is 1.56. The van der Waals surface area contributed by atoms with Crippen molar-refractivity contribution in [2.24, 2.45) is 0 Å². The first kappa shape index (κ1) is 23.4. The molecule has 1 unspecified atom stereocenters. The second kappa shape index (κ2) is 10.3. The highest BCUT2D eigenvalue weighted by molar-refractivity contribution is 6.76. The SMILES string of the molecule is C=CC(COC(c1ccccc1)(c1ccccc1)c1ccccc1)NC(=O)C(Cl)(Cl)Cl. The van der Waals surface area contributed by atoms with Gasteiger partial charge in [-0.3, -0.25) is 4.79 Å². The van der Waals surface area contributed by atoms with Crippen molar-refractivity contribution in [2.45, 2.75) is 15.4 Å². The highest BCUT2D eigenvalue weighted by Crippen LogP contribution is 2.40. The van der Waals surface area contributed by atoms with Crippen LogP contribution < -0.4 is 5.32 Å². The summed E-state index contributed by atoms with van der Waals surface area (Å²) in [5.41, 5.74) is 1.92. The Hall–Kier alpha value is -2.30. The zero-order chi connectivity index (χ0) is 22.3. The van der Waals surface area contributed by atoms with Crippen LogP contribution in [-0.4, -0.2) is 22.3 Å². The summed E-state index contributed by atoms with van der Waals surface area (Å²) < 4.78 is 4.57. The Morgan fingerprint density at radius 3 is 1.55 bits per heavy atom. The van der Waals surface area contributed by atoms with Gasteiger partial charge in [-0.25, -0.2) is 0 Å². The van der Waals surface area contributed by atoms with E-state index in [2.05, 4.69) is 11.9 Å². The zero-order valence-electron chi connectivity index (χ0n) is 16.7. The van der Waals surface area contributed by atoms with Crippen LogP contribution in [0.3, 0.4) is 0 Å². The van der Waals surface area contributed by atoms with Gasteiger partial charge in [-0.15, -0.1) is 6.58 Å². The molecule has 0 aromatic heterocycles. The molecule has 1 N–H and O–H groups in total. The van der Waals surface area contributed by atoms with E-state index in [-0.39, 0.29) is 6.61 Å². The first-order valence-corrected chi connectivity index (χ1v) is 10.8. The van der Waals surface area contributed by atoms with E-state index in [1.807, 2.05) is 91.0 Å². The minimum Gasteiger partial charge on any atom is -0.358 e. The van der Waals surface area contributed by atoms with E-state index in [1.165, 1.54) is 0 Å². The van der Waals surface area contributed by atoms with Crippen molar-refractivity contribution >= 4 is 40.7 Å². The standard InChI is InChI=1S/C25H22Cl3NO2/c1-2-22(29-23(30)25(26,27)28)18-31-24(19-12-6-3-7-13-19,20-14-8-4-9-15-20)21-16-10-5-11-17-21/h2-17,22H,1,18H2,(H,29,30). The molecule has 0 radical (unpaired) electrons. The Kier molecular flexibility index (Phi) is 7.79. The van der Waals surface area contributed by atoms with Crippen molar-refractivity contribution in [2.75, 3.05) is 6.61 Å². The molecule has 3 nitrogen and oxygen atoms in total. The first-order valence-electron chi connectivity index (χ1n) is 9.68. The molecule has 0 fully saturated rings. The molecule has 0 spiro atoms. The van der Waals surface area contributed by atoms with Crippen molar-refractivity contribution < 1.29 is 9.53 Å². The van der Waals surface area contributed by atoms with Crippen LogP contribution in [0.1, 0.15) is 16.7 Å². The Bertz CT molecular complexity index is 893. The van der Waals surface area contributed by atoms with Gasteiger partial charge in [-0.05, 0) is 16.7 Å². The lowest BCUT2D eigenvalue weighted by Crippen LogP contribution is -2.45. The second-order valence-corrected chi connectivity index (χ2v) is 9.18. The van der Waals surface area contributed by atoms with Crippen LogP contribution in [0.5, 0.6) is 0 Å². The third kappa shape index (κ3) is 5.50. The van der Waals surface area contributed by atoms with Crippen molar-refractivity contribution in [3.63, 3.8) is 0 Å². The minimum absolute atomic E-state index is 0.106. The zero-order valence-corrected chi connectivity index (χ0v) is 18.9. The Labute approximate surface area is 197 Å². The van der Waals surface area contributed by atoms with Gasteiger partial charge < -0.3 is 10.1 Å². The molecule has 3 rings (SSSR count). The third-order valence-corrected chi connectivity index (χ3v) is 5.39. The molecule has 0 saturated carbocycles. The van der Waals surface area contributed by atoms with Gasteiger partial charge in [0, 0.05) is 0 Å². The van der Waals surface area contributed by atoms with Crippen molar-refractivity contribution in [3.05, 3.63) is 120 Å². The van der Waals surface area contributed by atoms with Crippen molar-refractivity contribution in [1.82, 2.24) is 5.32 Å².